The molecule has 2 N–H and O–H groups in total. The van der Waals surface area contributed by atoms with Gasteiger partial charge < -0.3 is 24.5 Å². The summed E-state index contributed by atoms with van der Waals surface area (Å²) in [5, 5.41) is 16.0. The van der Waals surface area contributed by atoms with Crippen molar-refractivity contribution in [2.45, 2.75) is 0 Å². The first-order chi connectivity index (χ1) is 8.04. The molecule has 0 aliphatic rings. The van der Waals surface area contributed by atoms with Crippen molar-refractivity contribution in [3.8, 4) is 0 Å². The van der Waals surface area contributed by atoms with Gasteiger partial charge in [-0.05, 0) is 0 Å². The average molecular weight is 358 g/mol. The predicted octanol–water partition coefficient (Wildman–Crippen LogP) is -0.821. The van der Waals surface area contributed by atoms with E-state index in [1.165, 1.54) is 0 Å². The van der Waals surface area contributed by atoms with Crippen LogP contribution in [0.5, 0.6) is 0 Å². The van der Waals surface area contributed by atoms with Crippen LogP contribution >= 0.6 is 0 Å². The quantitative estimate of drug-likeness (QED) is 0.409. The number of hydrogen-bond donors (Lipinski definition) is 2. The van der Waals surface area contributed by atoms with Crippen molar-refractivity contribution >= 4 is 16.3 Å². The Balaban J connectivity index is -0.000000507. The van der Waals surface area contributed by atoms with Crippen LogP contribution < -0.4 is 0 Å². The molecule has 18 heavy (non-hydrogen) atoms. The Morgan fingerprint density at radius 2 is 1.61 bits per heavy atom. The summed E-state index contributed by atoms with van der Waals surface area (Å²) in [6.07, 6.45) is 0. The normalized spacial score (nSPS) is 9.61. The van der Waals surface area contributed by atoms with Crippen LogP contribution in [0, 0.1) is 0 Å². The zero-order valence-electron chi connectivity index (χ0n) is 9.95. The monoisotopic (exact) mass is 358 g/mol. The summed E-state index contributed by atoms with van der Waals surface area (Å²) in [4.78, 5) is 8.24. The molecule has 0 saturated heterocycles. The second-order valence-electron chi connectivity index (χ2n) is 2.57. The first-order valence-corrected chi connectivity index (χ1v) is 6.38. The fourth-order valence-electron chi connectivity index (χ4n) is 0.645. The molecule has 0 unspecified atom stereocenters. The summed E-state index contributed by atoms with van der Waals surface area (Å²) in [6.45, 7) is 4.74. The van der Waals surface area contributed by atoms with Crippen molar-refractivity contribution in [3.63, 3.8) is 0 Å². The molecule has 0 aromatic rings. The molecular weight excluding hydrogens is 341 g/mol. The molecule has 0 aliphatic carbocycles. The van der Waals surface area contributed by atoms with E-state index < -0.39 is 9.84 Å². The first-order valence-electron chi connectivity index (χ1n) is 4.66. The number of sulfone groups is 1. The van der Waals surface area contributed by atoms with Crippen molar-refractivity contribution in [3.05, 3.63) is 12.0 Å². The summed E-state index contributed by atoms with van der Waals surface area (Å²) in [7, 11) is -3.16. The third kappa shape index (κ3) is 21.4. The number of rotatable bonds is 9. The zero-order valence-corrected chi connectivity index (χ0v) is 13.6. The van der Waals surface area contributed by atoms with Crippen LogP contribution in [0.2, 0.25) is 0 Å². The molecule has 0 aromatic heterocycles. The Bertz CT molecular complexity index is 279. The van der Waals surface area contributed by atoms with Crippen LogP contribution in [-0.4, -0.2) is 63.9 Å². The van der Waals surface area contributed by atoms with E-state index in [1.54, 1.807) is 0 Å². The summed E-state index contributed by atoms with van der Waals surface area (Å²) in [5.41, 5.74) is 0. The third-order valence-corrected chi connectivity index (χ3v) is 2.62. The van der Waals surface area contributed by atoms with E-state index in [1.807, 2.05) is 0 Å². The Morgan fingerprint density at radius 1 is 1.17 bits per heavy atom. The van der Waals surface area contributed by atoms with Crippen molar-refractivity contribution < 1.29 is 65.6 Å². The molecule has 9 heteroatoms. The Morgan fingerprint density at radius 3 is 2.00 bits per heavy atom. The minimum atomic E-state index is -3.16. The molecule has 7 nitrogen and oxygen atoms in total. The molecule has 0 atom stereocenters. The van der Waals surface area contributed by atoms with E-state index in [-0.39, 0.29) is 58.3 Å². The van der Waals surface area contributed by atoms with E-state index in [4.69, 9.17) is 24.5 Å². The summed E-state index contributed by atoms with van der Waals surface area (Å²) < 4.78 is 31.6. The van der Waals surface area contributed by atoms with Crippen molar-refractivity contribution in [2.24, 2.45) is 0 Å². The van der Waals surface area contributed by atoms with E-state index in [2.05, 4.69) is 6.58 Å². The van der Waals surface area contributed by atoms with Gasteiger partial charge in [-0.2, -0.15) is 0 Å². The number of aliphatic hydroxyl groups is 1. The van der Waals surface area contributed by atoms with Gasteiger partial charge in [-0.3, -0.25) is 0 Å². The maximum atomic E-state index is 10.9. The van der Waals surface area contributed by atoms with Crippen LogP contribution in [0.1, 0.15) is 0 Å². The van der Waals surface area contributed by atoms with Gasteiger partial charge in [-0.1, -0.05) is 13.1 Å². The molecule has 0 fully saturated rings. The van der Waals surface area contributed by atoms with Gasteiger partial charge in [-0.15, -0.1) is 0 Å². The molecule has 0 aromatic carbocycles. The third-order valence-electron chi connectivity index (χ3n) is 1.37. The number of aliphatic hydroxyl groups excluding tert-OH is 2. The van der Waals surface area contributed by atoms with E-state index in [9.17, 15) is 8.42 Å². The maximum absolute atomic E-state index is 10.9. The molecular formula is C9H17O7SY-. The largest absolute Gasteiger partial charge is 0.665 e. The summed E-state index contributed by atoms with van der Waals surface area (Å²) in [5.74, 6) is -0.0590. The molecule has 0 amide bonds. The van der Waals surface area contributed by atoms with Gasteiger partial charge >= 0.3 is 0 Å². The molecule has 0 saturated carbocycles. The molecule has 0 rings (SSSR count). The molecule has 1 radical (unpaired) electrons. The van der Waals surface area contributed by atoms with E-state index >= 15 is 0 Å². The molecule has 0 aliphatic heterocycles. The van der Waals surface area contributed by atoms with Crippen LogP contribution in [0.3, 0.4) is 0 Å². The fourth-order valence-corrected chi connectivity index (χ4v) is 1.16. The SMILES string of the molecule is C=CS(=O)(=O)CCOCCOCCO.O=[C-]O.[Y]. The zero-order chi connectivity index (χ0) is 13.6. The van der Waals surface area contributed by atoms with Gasteiger partial charge in [0.1, 0.15) is 0 Å². The van der Waals surface area contributed by atoms with Gasteiger partial charge in [-0.25, -0.2) is 8.42 Å². The summed E-state index contributed by atoms with van der Waals surface area (Å²) >= 11 is 0. The second kappa shape index (κ2) is 17.1. The van der Waals surface area contributed by atoms with E-state index in [0.29, 0.717) is 19.7 Å². The minimum absolute atomic E-state index is 0. The van der Waals surface area contributed by atoms with Crippen LogP contribution in [0.4, 0.5) is 0 Å². The fraction of sp³-hybridized carbons (Fsp3) is 0.667. The molecule has 105 valence electrons. The predicted molar refractivity (Wildman–Crippen MR) is 61.0 cm³/mol. The Kier molecular flexibility index (Phi) is 22.1. The molecule has 0 heterocycles. The van der Waals surface area contributed by atoms with Crippen molar-refractivity contribution in [1.29, 1.82) is 0 Å². The van der Waals surface area contributed by atoms with E-state index in [0.717, 1.165) is 5.41 Å². The Labute approximate surface area is 132 Å². The van der Waals surface area contributed by atoms with Crippen molar-refractivity contribution in [1.82, 2.24) is 0 Å². The number of hydrogen-bond acceptors (Lipinski definition) is 6. The number of ether oxygens (including phenoxy) is 2. The van der Waals surface area contributed by atoms with Gasteiger partial charge in [0.2, 0.25) is 0 Å². The van der Waals surface area contributed by atoms with Crippen LogP contribution in [-0.2, 0) is 56.8 Å². The van der Waals surface area contributed by atoms with Gasteiger partial charge in [0, 0.05) is 38.1 Å². The average Bonchev–Trinajstić information content (AvgIpc) is 2.29. The first kappa shape index (κ1) is 23.3. The standard InChI is InChI=1S/C8H16O5S.CHO2.Y/c1-2-14(10,11)8-7-13-6-5-12-4-3-9;2-1-3;/h2,9H,1,3-8H2;(H,2,3);/q;-1;. The minimum Gasteiger partial charge on any atom is -0.665 e. The molecule has 0 bridgehead atoms. The molecule has 0 spiro atoms. The summed E-state index contributed by atoms with van der Waals surface area (Å²) in [6, 6.07) is 0. The maximum Gasteiger partial charge on any atom is 0.173 e. The Hall–Kier alpha value is 0.144. The van der Waals surface area contributed by atoms with Crippen LogP contribution in [0.15, 0.2) is 12.0 Å². The van der Waals surface area contributed by atoms with Gasteiger partial charge in [0.25, 0.3) is 0 Å². The van der Waals surface area contributed by atoms with Crippen molar-refractivity contribution in [2.75, 3.05) is 38.8 Å². The van der Waals surface area contributed by atoms with Gasteiger partial charge in [0.05, 0.1) is 38.8 Å². The van der Waals surface area contributed by atoms with Gasteiger partial charge in [0.15, 0.2) is 9.84 Å². The second-order valence-corrected chi connectivity index (χ2v) is 4.64. The smallest absolute Gasteiger partial charge is 0.173 e. The topological polar surface area (TPSA) is 110 Å². The van der Waals surface area contributed by atoms with Crippen LogP contribution in [0.25, 0.3) is 0 Å².